The van der Waals surface area contributed by atoms with Gasteiger partial charge in [0, 0.05) is 24.3 Å². The van der Waals surface area contributed by atoms with Crippen LogP contribution in [0, 0.1) is 0 Å². The van der Waals surface area contributed by atoms with Crippen molar-refractivity contribution in [2.75, 3.05) is 29.9 Å². The van der Waals surface area contributed by atoms with E-state index in [4.69, 9.17) is 0 Å². The molecule has 230 valence electrons. The molecule has 2 N–H and O–H groups in total. The number of thioether (sulfide) groups is 1. The van der Waals surface area contributed by atoms with Gasteiger partial charge in [0.25, 0.3) is 5.91 Å². The van der Waals surface area contributed by atoms with Crippen LogP contribution in [0.25, 0.3) is 0 Å². The van der Waals surface area contributed by atoms with Crippen molar-refractivity contribution < 1.29 is 49.1 Å². The first-order valence-corrected chi connectivity index (χ1v) is 16.0. The highest BCUT2D eigenvalue weighted by Crippen LogP contribution is 2.57. The Labute approximate surface area is 243 Å². The molecule has 2 aromatic carbocycles. The second kappa shape index (κ2) is 10.2. The normalized spacial score (nSPS) is 24.5. The lowest BCUT2D eigenvalue weighted by Gasteiger charge is -2.45. The number of nitrogens with zero attached hydrogens (tertiary/aromatic N) is 1. The van der Waals surface area contributed by atoms with Crippen molar-refractivity contribution in [3.63, 3.8) is 0 Å². The molecule has 1 amide bonds. The van der Waals surface area contributed by atoms with Crippen molar-refractivity contribution in [3.05, 3.63) is 53.6 Å². The number of nitrogens with one attached hydrogen (secondary N) is 1. The zero-order valence-electron chi connectivity index (χ0n) is 21.7. The Morgan fingerprint density at radius 1 is 0.976 bits per heavy atom. The molecule has 5 rings (SSSR count). The zero-order valence-corrected chi connectivity index (χ0v) is 24.5. The van der Waals surface area contributed by atoms with Crippen LogP contribution in [0.2, 0.25) is 0 Å². The molecule has 6 nitrogen and oxygen atoms in total. The first-order chi connectivity index (χ1) is 19.4. The Morgan fingerprint density at radius 3 is 2.14 bits per heavy atom. The number of halogens is 7. The van der Waals surface area contributed by atoms with Crippen LogP contribution in [0.1, 0.15) is 30.4 Å². The molecule has 0 spiro atoms. The number of fused-ring (bicyclic) bond motifs is 3. The fourth-order valence-corrected chi connectivity index (χ4v) is 9.84. The standard InChI is InChI=1S/C26H26F7N2O4PS2/c27-24(25(28,29)30,26(31,32)33)15-1-6-18-19(13-15)34-14-20-23(18,42(38,39)17-4-2-16(40)3-5-17)7-10-35(20)21(36)22(37)8-11-41-12-9-22/h1-6,13,20,34,37H,7-12,14,40H2. The van der Waals surface area contributed by atoms with Crippen molar-refractivity contribution in [3.8, 4) is 0 Å². The Bertz CT molecular complexity index is 1480. The van der Waals surface area contributed by atoms with Crippen LogP contribution in [0.15, 0.2) is 47.4 Å². The predicted molar refractivity (Wildman–Crippen MR) is 146 cm³/mol. The van der Waals surface area contributed by atoms with Crippen molar-refractivity contribution in [1.29, 1.82) is 0 Å². The molecule has 0 radical (unpaired) electrons. The first kappa shape index (κ1) is 31.3. The minimum atomic E-state index is -6.36. The average molecular weight is 659 g/mol. The number of hydrogen-bond donors (Lipinski definition) is 2. The predicted octanol–water partition coefficient (Wildman–Crippen LogP) is 4.43. The number of benzene rings is 2. The van der Waals surface area contributed by atoms with E-state index >= 15 is 0 Å². The number of likely N-dealkylation sites (tertiary alicyclic amines) is 1. The van der Waals surface area contributed by atoms with Gasteiger partial charge in [-0.25, -0.2) is 12.8 Å². The summed E-state index contributed by atoms with van der Waals surface area (Å²) in [6.07, 6.45) is -12.7. The third-order valence-corrected chi connectivity index (χ3v) is 12.3. The van der Waals surface area contributed by atoms with E-state index in [1.165, 1.54) is 29.2 Å². The Balaban J connectivity index is 1.69. The summed E-state index contributed by atoms with van der Waals surface area (Å²) in [5.41, 5.74) is -9.83. The Kier molecular flexibility index (Phi) is 7.64. The van der Waals surface area contributed by atoms with Crippen LogP contribution in [0.4, 0.5) is 36.4 Å². The number of sulfone groups is 1. The summed E-state index contributed by atoms with van der Waals surface area (Å²) in [5.74, 6) is 0.307. The van der Waals surface area contributed by atoms with E-state index in [-0.39, 0.29) is 42.8 Å². The third kappa shape index (κ3) is 4.52. The van der Waals surface area contributed by atoms with E-state index < -0.39 is 61.4 Å². The van der Waals surface area contributed by atoms with Gasteiger partial charge in [-0.1, -0.05) is 24.3 Å². The third-order valence-electron chi connectivity index (χ3n) is 8.43. The highest BCUT2D eigenvalue weighted by Gasteiger charge is 2.74. The summed E-state index contributed by atoms with van der Waals surface area (Å²) >= 11 is 1.55. The van der Waals surface area contributed by atoms with E-state index in [0.717, 1.165) is 6.07 Å². The number of anilines is 1. The monoisotopic (exact) mass is 658 g/mol. The van der Waals surface area contributed by atoms with E-state index in [1.807, 2.05) is 0 Å². The molecule has 16 heteroatoms. The second-order valence-electron chi connectivity index (χ2n) is 10.7. The number of aliphatic hydroxyl groups is 1. The largest absolute Gasteiger partial charge is 0.435 e. The summed E-state index contributed by atoms with van der Waals surface area (Å²) in [6, 6.07) is 5.85. The quantitative estimate of drug-likeness (QED) is 0.374. The van der Waals surface area contributed by atoms with Crippen LogP contribution >= 0.6 is 21.0 Å². The van der Waals surface area contributed by atoms with E-state index in [0.29, 0.717) is 28.9 Å². The molecule has 3 aliphatic rings. The molecule has 3 heterocycles. The van der Waals surface area contributed by atoms with Crippen molar-refractivity contribution in [1.82, 2.24) is 4.90 Å². The van der Waals surface area contributed by atoms with Gasteiger partial charge in [-0.15, -0.1) is 9.24 Å². The first-order valence-electron chi connectivity index (χ1n) is 12.8. The maximum absolute atomic E-state index is 14.9. The Morgan fingerprint density at radius 2 is 1.57 bits per heavy atom. The fourth-order valence-electron chi connectivity index (χ4n) is 6.17. The number of rotatable bonds is 4. The second-order valence-corrected chi connectivity index (χ2v) is 14.8. The molecule has 0 bridgehead atoms. The van der Waals surface area contributed by atoms with Gasteiger partial charge < -0.3 is 15.3 Å². The molecule has 0 aliphatic carbocycles. The molecule has 2 saturated heterocycles. The number of amides is 1. The molecular formula is C26H26F7N2O4PS2. The Hall–Kier alpha value is -2.09. The fraction of sp³-hybridized carbons (Fsp3) is 0.500. The summed E-state index contributed by atoms with van der Waals surface area (Å²) in [6.45, 7) is -0.536. The molecule has 2 fully saturated rings. The zero-order chi connectivity index (χ0) is 30.9. The number of carbonyl (C=O) groups is 1. The van der Waals surface area contributed by atoms with Crippen molar-refractivity contribution >= 4 is 47.7 Å². The van der Waals surface area contributed by atoms with Crippen molar-refractivity contribution in [2.24, 2.45) is 0 Å². The summed E-state index contributed by atoms with van der Waals surface area (Å²) in [4.78, 5) is 14.8. The summed E-state index contributed by atoms with van der Waals surface area (Å²) < 4.78 is 123. The number of carbonyl (C=O) groups excluding carboxylic acids is 1. The smallest absolute Gasteiger partial charge is 0.383 e. The maximum atomic E-state index is 14.9. The lowest BCUT2D eigenvalue weighted by atomic mass is 9.83. The molecule has 0 saturated carbocycles. The summed E-state index contributed by atoms with van der Waals surface area (Å²) in [5, 5.41) is 14.5. The molecule has 2 aromatic rings. The van der Waals surface area contributed by atoms with Crippen molar-refractivity contribution in [2.45, 2.75) is 58.6 Å². The van der Waals surface area contributed by atoms with E-state index in [1.54, 1.807) is 11.8 Å². The van der Waals surface area contributed by atoms with Gasteiger partial charge in [0.05, 0.1) is 10.9 Å². The van der Waals surface area contributed by atoms with Crippen LogP contribution in [0.5, 0.6) is 0 Å². The van der Waals surface area contributed by atoms with Gasteiger partial charge in [-0.05, 0) is 59.8 Å². The molecular weight excluding hydrogens is 632 g/mol. The maximum Gasteiger partial charge on any atom is 0.435 e. The van der Waals surface area contributed by atoms with Crippen LogP contribution < -0.4 is 10.6 Å². The van der Waals surface area contributed by atoms with E-state index in [2.05, 4.69) is 14.6 Å². The SMILES string of the molecule is O=C(N1CCC2(S(=O)(=O)c3ccc(P)cc3)c3ccc(C(F)(C(F)(F)F)C(F)(F)F)cc3NCC12)C1(O)CCSCC1. The average Bonchev–Trinajstić information content (AvgIpc) is 3.33. The molecule has 3 aliphatic heterocycles. The van der Waals surface area contributed by atoms with Crippen LogP contribution in [-0.2, 0) is 25.0 Å². The van der Waals surface area contributed by atoms with Gasteiger partial charge in [0.2, 0.25) is 0 Å². The molecule has 3 atom stereocenters. The lowest BCUT2D eigenvalue weighted by Crippen LogP contribution is -2.59. The highest BCUT2D eigenvalue weighted by atomic mass is 32.2. The highest BCUT2D eigenvalue weighted by molar-refractivity contribution is 7.99. The minimum absolute atomic E-state index is 0.135. The van der Waals surface area contributed by atoms with E-state index in [9.17, 15) is 49.1 Å². The van der Waals surface area contributed by atoms with Gasteiger partial charge in [-0.3, -0.25) is 4.79 Å². The number of hydrogen-bond acceptors (Lipinski definition) is 6. The topological polar surface area (TPSA) is 86.7 Å². The number of alkyl halides is 7. The molecule has 3 unspecified atom stereocenters. The van der Waals surface area contributed by atoms with Gasteiger partial charge in [-0.2, -0.15) is 38.1 Å². The van der Waals surface area contributed by atoms with Gasteiger partial charge in [0.1, 0.15) is 10.3 Å². The summed E-state index contributed by atoms with van der Waals surface area (Å²) in [7, 11) is -2.09. The van der Waals surface area contributed by atoms with Crippen LogP contribution in [-0.4, -0.2) is 72.9 Å². The van der Waals surface area contributed by atoms with Gasteiger partial charge in [0.15, 0.2) is 9.84 Å². The van der Waals surface area contributed by atoms with Crippen LogP contribution in [0.3, 0.4) is 0 Å². The molecule has 0 aromatic heterocycles. The lowest BCUT2D eigenvalue weighted by molar-refractivity contribution is -0.348. The molecule has 42 heavy (non-hydrogen) atoms. The minimum Gasteiger partial charge on any atom is -0.383 e. The van der Waals surface area contributed by atoms with Gasteiger partial charge >= 0.3 is 18.0 Å².